The Morgan fingerprint density at radius 1 is 1.35 bits per heavy atom. The van der Waals surface area contributed by atoms with E-state index >= 15 is 0 Å². The van der Waals surface area contributed by atoms with Crippen LogP contribution in [0.1, 0.15) is 25.7 Å². The smallest absolute Gasteiger partial charge is 0.332 e. The minimum absolute atomic E-state index is 0.0663. The summed E-state index contributed by atoms with van der Waals surface area (Å²) in [4.78, 5) is 36.3. The van der Waals surface area contributed by atoms with E-state index in [0.717, 1.165) is 12.8 Å². The largest absolute Gasteiger partial charge is 0.479 e. The molecule has 8 heteroatoms. The molecule has 0 saturated carbocycles. The van der Waals surface area contributed by atoms with Crippen molar-refractivity contribution in [2.75, 3.05) is 19.8 Å². The minimum Gasteiger partial charge on any atom is -0.479 e. The highest BCUT2D eigenvalue weighted by molar-refractivity contribution is 5.90. The Bertz CT molecular complexity index is 419. The lowest BCUT2D eigenvalue weighted by molar-refractivity contribution is -0.144. The van der Waals surface area contributed by atoms with Gasteiger partial charge in [-0.3, -0.25) is 4.79 Å². The average molecular weight is 285 g/mol. The standard InChI is InChI=1S/C12H19N3O5/c13-9(16)8-3-1-2-5-15(8)11(19)14-12(10(17)18)4-6-20-7-12/h8H,1-7H2,(H2,13,16)(H,14,19)(H,17,18). The van der Waals surface area contributed by atoms with E-state index < -0.39 is 29.5 Å². The molecule has 112 valence electrons. The molecule has 0 bridgehead atoms. The lowest BCUT2D eigenvalue weighted by Gasteiger charge is -2.36. The van der Waals surface area contributed by atoms with E-state index in [-0.39, 0.29) is 19.6 Å². The maximum absolute atomic E-state index is 12.3. The fourth-order valence-corrected chi connectivity index (χ4v) is 2.63. The number of carboxylic acids is 1. The molecule has 0 aromatic heterocycles. The van der Waals surface area contributed by atoms with Crippen LogP contribution in [0.4, 0.5) is 4.79 Å². The highest BCUT2D eigenvalue weighted by atomic mass is 16.5. The first-order valence-corrected chi connectivity index (χ1v) is 6.65. The van der Waals surface area contributed by atoms with Crippen LogP contribution in [0.15, 0.2) is 0 Å². The second-order valence-electron chi connectivity index (χ2n) is 5.23. The number of amides is 3. The number of urea groups is 1. The molecule has 0 aliphatic carbocycles. The number of carbonyl (C=O) groups excluding carboxylic acids is 2. The van der Waals surface area contributed by atoms with Crippen LogP contribution in [0.5, 0.6) is 0 Å². The van der Waals surface area contributed by atoms with Gasteiger partial charge in [0.15, 0.2) is 5.54 Å². The van der Waals surface area contributed by atoms with Crippen LogP contribution in [-0.2, 0) is 14.3 Å². The van der Waals surface area contributed by atoms with Gasteiger partial charge in [-0.25, -0.2) is 9.59 Å². The molecule has 2 unspecified atom stereocenters. The number of rotatable bonds is 3. The molecule has 2 saturated heterocycles. The maximum atomic E-state index is 12.3. The van der Waals surface area contributed by atoms with Crippen molar-refractivity contribution in [3.05, 3.63) is 0 Å². The van der Waals surface area contributed by atoms with Crippen molar-refractivity contribution in [3.63, 3.8) is 0 Å². The zero-order valence-corrected chi connectivity index (χ0v) is 11.1. The molecule has 0 spiro atoms. The van der Waals surface area contributed by atoms with E-state index in [9.17, 15) is 19.5 Å². The van der Waals surface area contributed by atoms with Crippen molar-refractivity contribution in [1.82, 2.24) is 10.2 Å². The monoisotopic (exact) mass is 285 g/mol. The number of likely N-dealkylation sites (tertiary alicyclic amines) is 1. The second kappa shape index (κ2) is 5.66. The molecule has 0 aromatic rings. The number of piperidine rings is 1. The maximum Gasteiger partial charge on any atom is 0.332 e. The molecule has 8 nitrogen and oxygen atoms in total. The van der Waals surface area contributed by atoms with E-state index in [1.54, 1.807) is 0 Å². The van der Waals surface area contributed by atoms with Crippen LogP contribution in [0, 0.1) is 0 Å². The Morgan fingerprint density at radius 2 is 2.10 bits per heavy atom. The molecule has 2 aliphatic heterocycles. The molecule has 2 rings (SSSR count). The fraction of sp³-hybridized carbons (Fsp3) is 0.750. The third-order valence-electron chi connectivity index (χ3n) is 3.87. The van der Waals surface area contributed by atoms with E-state index in [1.165, 1.54) is 4.90 Å². The summed E-state index contributed by atoms with van der Waals surface area (Å²) in [5.41, 5.74) is 3.89. The van der Waals surface area contributed by atoms with E-state index in [4.69, 9.17) is 10.5 Å². The molecule has 2 atom stereocenters. The molecule has 2 fully saturated rings. The molecular formula is C12H19N3O5. The Morgan fingerprint density at radius 3 is 2.65 bits per heavy atom. The lowest BCUT2D eigenvalue weighted by Crippen LogP contribution is -2.62. The van der Waals surface area contributed by atoms with Crippen LogP contribution >= 0.6 is 0 Å². The first-order valence-electron chi connectivity index (χ1n) is 6.65. The van der Waals surface area contributed by atoms with Crippen molar-refractivity contribution in [3.8, 4) is 0 Å². The van der Waals surface area contributed by atoms with Crippen molar-refractivity contribution in [2.24, 2.45) is 5.73 Å². The molecule has 2 heterocycles. The number of nitrogens with two attached hydrogens (primary N) is 1. The lowest BCUT2D eigenvalue weighted by atomic mass is 9.98. The average Bonchev–Trinajstić information content (AvgIpc) is 2.88. The van der Waals surface area contributed by atoms with E-state index in [2.05, 4.69) is 5.32 Å². The van der Waals surface area contributed by atoms with Gasteiger partial charge in [-0.1, -0.05) is 0 Å². The van der Waals surface area contributed by atoms with Crippen LogP contribution in [0.3, 0.4) is 0 Å². The number of ether oxygens (including phenoxy) is 1. The zero-order valence-electron chi connectivity index (χ0n) is 11.1. The highest BCUT2D eigenvalue weighted by Gasteiger charge is 2.45. The Labute approximate surface area is 116 Å². The molecule has 0 aromatic carbocycles. The summed E-state index contributed by atoms with van der Waals surface area (Å²) < 4.78 is 5.08. The highest BCUT2D eigenvalue weighted by Crippen LogP contribution is 2.22. The first kappa shape index (κ1) is 14.6. The Hall–Kier alpha value is -1.83. The number of nitrogens with zero attached hydrogens (tertiary/aromatic N) is 1. The molecule has 20 heavy (non-hydrogen) atoms. The number of nitrogens with one attached hydrogen (secondary N) is 1. The number of hydrogen-bond acceptors (Lipinski definition) is 4. The number of carboxylic acid groups (broad SMARTS) is 1. The van der Waals surface area contributed by atoms with Gasteiger partial charge in [0.1, 0.15) is 6.04 Å². The number of aliphatic carboxylic acids is 1. The van der Waals surface area contributed by atoms with Gasteiger partial charge in [-0.2, -0.15) is 0 Å². The summed E-state index contributed by atoms with van der Waals surface area (Å²) >= 11 is 0. The molecule has 2 aliphatic rings. The fourth-order valence-electron chi connectivity index (χ4n) is 2.63. The van der Waals surface area contributed by atoms with Gasteiger partial charge in [-0.15, -0.1) is 0 Å². The number of carbonyl (C=O) groups is 3. The molecule has 4 N–H and O–H groups in total. The van der Waals surface area contributed by atoms with Gasteiger partial charge in [0.05, 0.1) is 6.61 Å². The van der Waals surface area contributed by atoms with Crippen LogP contribution in [0.2, 0.25) is 0 Å². The molecular weight excluding hydrogens is 266 g/mol. The number of hydrogen-bond donors (Lipinski definition) is 3. The van der Waals surface area contributed by atoms with Crippen molar-refractivity contribution >= 4 is 17.9 Å². The van der Waals surface area contributed by atoms with Gasteiger partial charge < -0.3 is 25.8 Å². The predicted molar refractivity (Wildman–Crippen MR) is 67.9 cm³/mol. The predicted octanol–water partition coefficient (Wildman–Crippen LogP) is -0.720. The van der Waals surface area contributed by atoms with Crippen molar-refractivity contribution < 1.29 is 24.2 Å². The van der Waals surface area contributed by atoms with Crippen molar-refractivity contribution in [1.29, 1.82) is 0 Å². The Kier molecular flexibility index (Phi) is 4.12. The van der Waals surface area contributed by atoms with Gasteiger partial charge >= 0.3 is 12.0 Å². The van der Waals surface area contributed by atoms with E-state index in [0.29, 0.717) is 13.0 Å². The summed E-state index contributed by atoms with van der Waals surface area (Å²) in [5.74, 6) is -1.69. The third kappa shape index (κ3) is 2.69. The third-order valence-corrected chi connectivity index (χ3v) is 3.87. The zero-order chi connectivity index (χ0) is 14.8. The van der Waals surface area contributed by atoms with Crippen molar-refractivity contribution in [2.45, 2.75) is 37.3 Å². The first-order chi connectivity index (χ1) is 9.46. The van der Waals surface area contributed by atoms with E-state index in [1.807, 2.05) is 0 Å². The Balaban J connectivity index is 2.09. The quantitative estimate of drug-likeness (QED) is 0.631. The molecule has 3 amide bonds. The van der Waals surface area contributed by atoms with Crippen LogP contribution in [-0.4, -0.2) is 59.3 Å². The van der Waals surface area contributed by atoms with Crippen LogP contribution in [0.25, 0.3) is 0 Å². The summed E-state index contributed by atoms with van der Waals surface area (Å²) in [7, 11) is 0. The number of primary amides is 1. The topological polar surface area (TPSA) is 122 Å². The van der Waals surface area contributed by atoms with Gasteiger partial charge in [0, 0.05) is 19.6 Å². The second-order valence-corrected chi connectivity index (χ2v) is 5.23. The minimum atomic E-state index is -1.41. The summed E-state index contributed by atoms with van der Waals surface area (Å²) in [6.07, 6.45) is 2.32. The van der Waals surface area contributed by atoms with Gasteiger partial charge in [-0.05, 0) is 19.3 Å². The molecule has 0 radical (unpaired) electrons. The van der Waals surface area contributed by atoms with Gasteiger partial charge in [0.2, 0.25) is 5.91 Å². The summed E-state index contributed by atoms with van der Waals surface area (Å²) in [5, 5.41) is 11.8. The van der Waals surface area contributed by atoms with Crippen LogP contribution < -0.4 is 11.1 Å². The summed E-state index contributed by atoms with van der Waals surface area (Å²) in [6.45, 7) is 0.616. The normalized spacial score (nSPS) is 30.0. The van der Waals surface area contributed by atoms with Gasteiger partial charge in [0.25, 0.3) is 0 Å². The summed E-state index contributed by atoms with van der Waals surface area (Å²) in [6, 6.07) is -1.24. The SMILES string of the molecule is NC(=O)C1CCCCN1C(=O)NC1(C(=O)O)CCOC1.